The van der Waals surface area contributed by atoms with E-state index in [9.17, 15) is 0 Å². The summed E-state index contributed by atoms with van der Waals surface area (Å²) < 4.78 is 16.1. The highest BCUT2D eigenvalue weighted by molar-refractivity contribution is 5.16. The van der Waals surface area contributed by atoms with Crippen LogP contribution in [0.3, 0.4) is 0 Å². The summed E-state index contributed by atoms with van der Waals surface area (Å²) in [6.45, 7) is 2.89. The zero-order valence-corrected chi connectivity index (χ0v) is 9.28. The van der Waals surface area contributed by atoms with Crippen LogP contribution in [0.1, 0.15) is 24.2 Å². The predicted molar refractivity (Wildman–Crippen MR) is 58.0 cm³/mol. The molecule has 1 aliphatic heterocycles. The molecular formula is C12H17NO3. The van der Waals surface area contributed by atoms with Gasteiger partial charge in [-0.05, 0) is 18.9 Å². The van der Waals surface area contributed by atoms with E-state index in [1.165, 1.54) is 18.4 Å². The van der Waals surface area contributed by atoms with Crippen LogP contribution >= 0.6 is 0 Å². The quantitative estimate of drug-likeness (QED) is 0.792. The van der Waals surface area contributed by atoms with E-state index in [1.54, 1.807) is 6.26 Å². The van der Waals surface area contributed by atoms with Crippen LogP contribution in [0.25, 0.3) is 0 Å². The standard InChI is InChI=1S/C12H17NO3/c1-2-10(1)13-5-9-3-4-15-12(9)8-16-11-6-14-7-11/h3-4,10-11,13H,1-2,5-8H2. The van der Waals surface area contributed by atoms with E-state index in [2.05, 4.69) is 5.32 Å². The van der Waals surface area contributed by atoms with Gasteiger partial charge in [-0.2, -0.15) is 0 Å². The summed E-state index contributed by atoms with van der Waals surface area (Å²) in [5.41, 5.74) is 1.21. The average molecular weight is 223 g/mol. The van der Waals surface area contributed by atoms with Gasteiger partial charge in [-0.25, -0.2) is 0 Å². The lowest BCUT2D eigenvalue weighted by molar-refractivity contribution is -0.138. The molecule has 0 atom stereocenters. The molecule has 0 bridgehead atoms. The summed E-state index contributed by atoms with van der Waals surface area (Å²) in [5.74, 6) is 0.944. The van der Waals surface area contributed by atoms with E-state index in [0.29, 0.717) is 6.61 Å². The van der Waals surface area contributed by atoms with Crippen molar-refractivity contribution in [3.05, 3.63) is 23.7 Å². The van der Waals surface area contributed by atoms with Gasteiger partial charge < -0.3 is 19.2 Å². The van der Waals surface area contributed by atoms with E-state index >= 15 is 0 Å². The zero-order chi connectivity index (χ0) is 10.8. The molecule has 3 rings (SSSR count). The van der Waals surface area contributed by atoms with Gasteiger partial charge in [0.2, 0.25) is 0 Å². The first-order chi connectivity index (χ1) is 7.92. The summed E-state index contributed by atoms with van der Waals surface area (Å²) in [6.07, 6.45) is 4.61. The van der Waals surface area contributed by atoms with Crippen molar-refractivity contribution in [3.8, 4) is 0 Å². The van der Waals surface area contributed by atoms with Gasteiger partial charge in [-0.1, -0.05) is 0 Å². The number of hydrogen-bond donors (Lipinski definition) is 1. The first-order valence-corrected chi connectivity index (χ1v) is 5.90. The predicted octanol–water partition coefficient (Wildman–Crippen LogP) is 1.45. The molecule has 1 saturated carbocycles. The van der Waals surface area contributed by atoms with Gasteiger partial charge in [0.05, 0.1) is 19.5 Å². The molecule has 0 unspecified atom stereocenters. The molecule has 1 N–H and O–H groups in total. The van der Waals surface area contributed by atoms with E-state index in [4.69, 9.17) is 13.9 Å². The molecule has 16 heavy (non-hydrogen) atoms. The molecule has 1 aromatic rings. The van der Waals surface area contributed by atoms with Crippen LogP contribution in [0, 0.1) is 0 Å². The summed E-state index contributed by atoms with van der Waals surface area (Å²) in [7, 11) is 0. The van der Waals surface area contributed by atoms with Crippen molar-refractivity contribution in [3.63, 3.8) is 0 Å². The van der Waals surface area contributed by atoms with Crippen molar-refractivity contribution < 1.29 is 13.9 Å². The molecule has 4 heteroatoms. The Hall–Kier alpha value is -0.840. The normalized spacial score (nSPS) is 21.0. The Balaban J connectivity index is 1.49. The number of rotatable bonds is 6. The third-order valence-corrected chi connectivity index (χ3v) is 3.05. The molecule has 1 saturated heterocycles. The second-order valence-electron chi connectivity index (χ2n) is 4.49. The summed E-state index contributed by atoms with van der Waals surface area (Å²) in [6, 6.07) is 2.74. The van der Waals surface area contributed by atoms with Gasteiger partial charge in [0.15, 0.2) is 0 Å². The van der Waals surface area contributed by atoms with E-state index < -0.39 is 0 Å². The first kappa shape index (κ1) is 10.3. The smallest absolute Gasteiger partial charge is 0.133 e. The molecule has 4 nitrogen and oxygen atoms in total. The molecule has 2 heterocycles. The highest BCUT2D eigenvalue weighted by Crippen LogP contribution is 2.21. The number of furan rings is 1. The second-order valence-corrected chi connectivity index (χ2v) is 4.49. The molecule has 0 radical (unpaired) electrons. The van der Waals surface area contributed by atoms with Crippen LogP contribution in [-0.2, 0) is 22.6 Å². The van der Waals surface area contributed by atoms with Crippen LogP contribution in [0.4, 0.5) is 0 Å². The maximum absolute atomic E-state index is 5.64. The van der Waals surface area contributed by atoms with Crippen LogP contribution in [-0.4, -0.2) is 25.4 Å². The van der Waals surface area contributed by atoms with E-state index in [0.717, 1.165) is 31.6 Å². The minimum Gasteiger partial charge on any atom is -0.467 e. The Morgan fingerprint density at radius 3 is 2.94 bits per heavy atom. The fourth-order valence-electron chi connectivity index (χ4n) is 1.70. The molecule has 0 spiro atoms. The molecule has 2 aliphatic rings. The fraction of sp³-hybridized carbons (Fsp3) is 0.667. The number of nitrogens with one attached hydrogen (secondary N) is 1. The molecule has 2 fully saturated rings. The zero-order valence-electron chi connectivity index (χ0n) is 9.28. The lowest BCUT2D eigenvalue weighted by Crippen LogP contribution is -2.35. The summed E-state index contributed by atoms with van der Waals surface area (Å²) in [4.78, 5) is 0. The minimum absolute atomic E-state index is 0.259. The van der Waals surface area contributed by atoms with Gasteiger partial charge >= 0.3 is 0 Å². The van der Waals surface area contributed by atoms with Gasteiger partial charge in [-0.15, -0.1) is 0 Å². The van der Waals surface area contributed by atoms with Gasteiger partial charge in [-0.3, -0.25) is 0 Å². The topological polar surface area (TPSA) is 43.6 Å². The van der Waals surface area contributed by atoms with Crippen molar-refractivity contribution in [2.75, 3.05) is 13.2 Å². The van der Waals surface area contributed by atoms with Crippen LogP contribution < -0.4 is 5.32 Å². The molecule has 0 amide bonds. The van der Waals surface area contributed by atoms with E-state index in [1.807, 2.05) is 6.07 Å². The Morgan fingerprint density at radius 2 is 2.25 bits per heavy atom. The Kier molecular flexibility index (Phi) is 2.95. The lowest BCUT2D eigenvalue weighted by Gasteiger charge is -2.25. The van der Waals surface area contributed by atoms with Crippen molar-refractivity contribution in [2.45, 2.75) is 38.1 Å². The average Bonchev–Trinajstić information content (AvgIpc) is 2.94. The Morgan fingerprint density at radius 1 is 1.38 bits per heavy atom. The lowest BCUT2D eigenvalue weighted by atomic mass is 10.2. The monoisotopic (exact) mass is 223 g/mol. The largest absolute Gasteiger partial charge is 0.467 e. The molecule has 1 aliphatic carbocycles. The molecule has 0 aromatic carbocycles. The van der Waals surface area contributed by atoms with Crippen LogP contribution in [0.15, 0.2) is 16.7 Å². The van der Waals surface area contributed by atoms with Gasteiger partial charge in [0.25, 0.3) is 0 Å². The highest BCUT2D eigenvalue weighted by atomic mass is 16.6. The number of hydrogen-bond acceptors (Lipinski definition) is 4. The molecule has 1 aromatic heterocycles. The SMILES string of the molecule is c1cc(CNC2CC2)c(COC2COC2)o1. The Bertz CT molecular complexity index is 342. The second kappa shape index (κ2) is 4.57. The summed E-state index contributed by atoms with van der Waals surface area (Å²) in [5, 5.41) is 3.47. The van der Waals surface area contributed by atoms with Gasteiger partial charge in [0, 0.05) is 18.2 Å². The third-order valence-electron chi connectivity index (χ3n) is 3.05. The molecule has 88 valence electrons. The third kappa shape index (κ3) is 2.45. The van der Waals surface area contributed by atoms with Gasteiger partial charge in [0.1, 0.15) is 18.5 Å². The highest BCUT2D eigenvalue weighted by Gasteiger charge is 2.22. The first-order valence-electron chi connectivity index (χ1n) is 5.90. The maximum atomic E-state index is 5.64. The minimum atomic E-state index is 0.259. The Labute approximate surface area is 94.9 Å². The van der Waals surface area contributed by atoms with Crippen molar-refractivity contribution in [1.82, 2.24) is 5.32 Å². The van der Waals surface area contributed by atoms with Crippen molar-refractivity contribution in [2.24, 2.45) is 0 Å². The summed E-state index contributed by atoms with van der Waals surface area (Å²) >= 11 is 0. The van der Waals surface area contributed by atoms with E-state index in [-0.39, 0.29) is 6.10 Å². The van der Waals surface area contributed by atoms with Crippen LogP contribution in [0.5, 0.6) is 0 Å². The molecular weight excluding hydrogens is 206 g/mol. The van der Waals surface area contributed by atoms with Crippen LogP contribution in [0.2, 0.25) is 0 Å². The maximum Gasteiger partial charge on any atom is 0.133 e. The number of ether oxygens (including phenoxy) is 2. The van der Waals surface area contributed by atoms with Crippen molar-refractivity contribution >= 4 is 0 Å². The van der Waals surface area contributed by atoms with Crippen molar-refractivity contribution in [1.29, 1.82) is 0 Å². The fourth-order valence-corrected chi connectivity index (χ4v) is 1.70.